The standard InChI is InChI=1S/C20H24N4O3/c25-17-5-4-16(19(26)22-17)24-11-14-3-1-2-13(18(14)20(24)27)10-23-9-12-6-15(23)8-21-7-12/h1-3,12,15-16,21H,4-11H2,(H,22,25,26). The summed E-state index contributed by atoms with van der Waals surface area (Å²) in [4.78, 5) is 41.0. The fourth-order valence-electron chi connectivity index (χ4n) is 5.14. The van der Waals surface area contributed by atoms with Gasteiger partial charge in [0.15, 0.2) is 0 Å². The van der Waals surface area contributed by atoms with Crippen molar-refractivity contribution in [2.24, 2.45) is 5.92 Å². The number of carbonyl (C=O) groups excluding carboxylic acids is 3. The number of nitrogens with zero attached hydrogens (tertiary/aromatic N) is 2. The molecule has 2 N–H and O–H groups in total. The van der Waals surface area contributed by atoms with Crippen LogP contribution >= 0.6 is 0 Å². The molecular weight excluding hydrogens is 344 g/mol. The molecule has 0 radical (unpaired) electrons. The molecule has 142 valence electrons. The number of benzene rings is 1. The number of likely N-dealkylation sites (tertiary alicyclic amines) is 1. The molecule has 7 nitrogen and oxygen atoms in total. The summed E-state index contributed by atoms with van der Waals surface area (Å²) in [5.41, 5.74) is 2.80. The van der Waals surface area contributed by atoms with E-state index in [1.807, 2.05) is 18.2 Å². The quantitative estimate of drug-likeness (QED) is 0.747. The van der Waals surface area contributed by atoms with Gasteiger partial charge in [-0.1, -0.05) is 18.2 Å². The van der Waals surface area contributed by atoms with Crippen LogP contribution in [-0.2, 0) is 22.7 Å². The van der Waals surface area contributed by atoms with Gasteiger partial charge in [-0.25, -0.2) is 0 Å². The molecule has 4 heterocycles. The molecule has 1 aromatic rings. The van der Waals surface area contributed by atoms with E-state index in [-0.39, 0.29) is 24.1 Å². The number of piperidine rings is 2. The third-order valence-corrected chi connectivity index (χ3v) is 6.44. The van der Waals surface area contributed by atoms with E-state index in [0.717, 1.165) is 42.9 Å². The Bertz CT molecular complexity index is 823. The summed E-state index contributed by atoms with van der Waals surface area (Å²) in [6.07, 6.45) is 1.92. The van der Waals surface area contributed by atoms with Gasteiger partial charge in [0.1, 0.15) is 6.04 Å². The highest BCUT2D eigenvalue weighted by atomic mass is 16.2. The summed E-state index contributed by atoms with van der Waals surface area (Å²) in [5.74, 6) is 0.0230. The first-order valence-corrected chi connectivity index (χ1v) is 9.80. The van der Waals surface area contributed by atoms with Crippen molar-refractivity contribution < 1.29 is 14.4 Å². The summed E-state index contributed by atoms with van der Waals surface area (Å²) >= 11 is 0. The van der Waals surface area contributed by atoms with Crippen LogP contribution < -0.4 is 10.6 Å². The van der Waals surface area contributed by atoms with Gasteiger partial charge in [-0.05, 0) is 36.4 Å². The average Bonchev–Trinajstić information content (AvgIpc) is 3.12. The van der Waals surface area contributed by atoms with Gasteiger partial charge in [0.2, 0.25) is 11.8 Å². The number of hydrogen-bond donors (Lipinski definition) is 2. The molecule has 3 atom stereocenters. The molecule has 0 aromatic heterocycles. The Morgan fingerprint density at radius 3 is 2.85 bits per heavy atom. The number of amides is 3. The highest BCUT2D eigenvalue weighted by Gasteiger charge is 2.41. The minimum Gasteiger partial charge on any atom is -0.322 e. The number of hydrogen-bond acceptors (Lipinski definition) is 5. The predicted molar refractivity (Wildman–Crippen MR) is 97.7 cm³/mol. The van der Waals surface area contributed by atoms with Gasteiger partial charge in [-0.15, -0.1) is 0 Å². The monoisotopic (exact) mass is 368 g/mol. The molecule has 2 bridgehead atoms. The van der Waals surface area contributed by atoms with E-state index in [1.54, 1.807) is 4.90 Å². The molecule has 3 fully saturated rings. The van der Waals surface area contributed by atoms with Crippen molar-refractivity contribution >= 4 is 17.7 Å². The second-order valence-corrected chi connectivity index (χ2v) is 8.19. The molecule has 0 aliphatic carbocycles. The first-order chi connectivity index (χ1) is 13.1. The third kappa shape index (κ3) is 2.85. The number of nitrogens with one attached hydrogen (secondary N) is 2. The minimum atomic E-state index is -0.550. The smallest absolute Gasteiger partial charge is 0.255 e. The van der Waals surface area contributed by atoms with E-state index in [4.69, 9.17) is 0 Å². The zero-order valence-electron chi connectivity index (χ0n) is 15.2. The molecule has 7 heteroatoms. The molecule has 1 aromatic carbocycles. The molecule has 5 rings (SSSR count). The lowest BCUT2D eigenvalue weighted by Gasteiger charge is -2.29. The summed E-state index contributed by atoms with van der Waals surface area (Å²) in [5, 5.41) is 5.86. The molecule has 3 saturated heterocycles. The van der Waals surface area contributed by atoms with E-state index in [2.05, 4.69) is 15.5 Å². The Labute approximate surface area is 158 Å². The van der Waals surface area contributed by atoms with Gasteiger partial charge in [0.05, 0.1) is 0 Å². The molecule has 3 unspecified atom stereocenters. The topological polar surface area (TPSA) is 81.8 Å². The summed E-state index contributed by atoms with van der Waals surface area (Å²) in [7, 11) is 0. The lowest BCUT2D eigenvalue weighted by Crippen LogP contribution is -2.52. The fourth-order valence-corrected chi connectivity index (χ4v) is 5.14. The Morgan fingerprint density at radius 2 is 2.04 bits per heavy atom. The van der Waals surface area contributed by atoms with Crippen LogP contribution in [0, 0.1) is 5.92 Å². The van der Waals surface area contributed by atoms with E-state index < -0.39 is 6.04 Å². The van der Waals surface area contributed by atoms with Gasteiger partial charge in [0, 0.05) is 44.2 Å². The maximum Gasteiger partial charge on any atom is 0.255 e. The molecule has 0 spiro atoms. The van der Waals surface area contributed by atoms with E-state index >= 15 is 0 Å². The molecular formula is C20H24N4O3. The molecule has 27 heavy (non-hydrogen) atoms. The molecule has 4 aliphatic heterocycles. The minimum absolute atomic E-state index is 0.0737. The van der Waals surface area contributed by atoms with Crippen molar-refractivity contribution in [3.05, 3.63) is 34.9 Å². The lowest BCUT2D eigenvalue weighted by atomic mass is 10.0. The van der Waals surface area contributed by atoms with Crippen molar-refractivity contribution in [1.82, 2.24) is 20.4 Å². The van der Waals surface area contributed by atoms with Crippen LogP contribution in [0.3, 0.4) is 0 Å². The van der Waals surface area contributed by atoms with Gasteiger partial charge >= 0.3 is 0 Å². The number of fused-ring (bicyclic) bond motifs is 3. The number of rotatable bonds is 3. The molecule has 3 amide bonds. The third-order valence-electron chi connectivity index (χ3n) is 6.44. The Morgan fingerprint density at radius 1 is 1.15 bits per heavy atom. The first kappa shape index (κ1) is 16.9. The summed E-state index contributed by atoms with van der Waals surface area (Å²) < 4.78 is 0. The van der Waals surface area contributed by atoms with Crippen molar-refractivity contribution in [2.45, 2.75) is 44.4 Å². The van der Waals surface area contributed by atoms with Crippen LogP contribution in [-0.4, -0.2) is 59.2 Å². The maximum atomic E-state index is 13.2. The van der Waals surface area contributed by atoms with Crippen molar-refractivity contribution in [1.29, 1.82) is 0 Å². The van der Waals surface area contributed by atoms with E-state index in [1.165, 1.54) is 6.42 Å². The van der Waals surface area contributed by atoms with Gasteiger partial charge in [-0.3, -0.25) is 24.6 Å². The maximum absolute atomic E-state index is 13.2. The predicted octanol–water partition coefficient (Wildman–Crippen LogP) is 0.241. The summed E-state index contributed by atoms with van der Waals surface area (Å²) in [6.45, 7) is 4.40. The normalized spacial score (nSPS) is 30.6. The van der Waals surface area contributed by atoms with Crippen LogP contribution in [0.5, 0.6) is 0 Å². The van der Waals surface area contributed by atoms with Gasteiger partial charge < -0.3 is 10.2 Å². The zero-order chi connectivity index (χ0) is 18.5. The second kappa shape index (κ2) is 6.42. The zero-order valence-corrected chi connectivity index (χ0v) is 15.2. The van der Waals surface area contributed by atoms with E-state index in [9.17, 15) is 14.4 Å². The van der Waals surface area contributed by atoms with Gasteiger partial charge in [-0.2, -0.15) is 0 Å². The second-order valence-electron chi connectivity index (χ2n) is 8.19. The van der Waals surface area contributed by atoms with E-state index in [0.29, 0.717) is 24.9 Å². The van der Waals surface area contributed by atoms with Crippen molar-refractivity contribution in [3.63, 3.8) is 0 Å². The van der Waals surface area contributed by atoms with Crippen LogP contribution in [0.4, 0.5) is 0 Å². The molecule has 0 saturated carbocycles. The molecule has 4 aliphatic rings. The fraction of sp³-hybridized carbons (Fsp3) is 0.550. The van der Waals surface area contributed by atoms with Crippen molar-refractivity contribution in [2.75, 3.05) is 19.6 Å². The van der Waals surface area contributed by atoms with Gasteiger partial charge in [0.25, 0.3) is 5.91 Å². The largest absolute Gasteiger partial charge is 0.322 e. The number of carbonyl (C=O) groups is 3. The van der Waals surface area contributed by atoms with Crippen LogP contribution in [0.25, 0.3) is 0 Å². The average molecular weight is 368 g/mol. The SMILES string of the molecule is O=C1CCC(N2Cc3cccc(CN4CC5CNCC4C5)c3C2=O)C(=O)N1. The Balaban J connectivity index is 1.38. The van der Waals surface area contributed by atoms with Crippen LogP contribution in [0.1, 0.15) is 40.7 Å². The highest BCUT2D eigenvalue weighted by molar-refractivity contribution is 6.05. The van der Waals surface area contributed by atoms with Crippen molar-refractivity contribution in [3.8, 4) is 0 Å². The first-order valence-electron chi connectivity index (χ1n) is 9.80. The van der Waals surface area contributed by atoms with Crippen LogP contribution in [0.15, 0.2) is 18.2 Å². The number of imide groups is 1. The Kier molecular flexibility index (Phi) is 4.02. The highest BCUT2D eigenvalue weighted by Crippen LogP contribution is 2.33. The summed E-state index contributed by atoms with van der Waals surface area (Å²) in [6, 6.07) is 6.02. The Hall–Kier alpha value is -2.25. The lowest BCUT2D eigenvalue weighted by molar-refractivity contribution is -0.136. The van der Waals surface area contributed by atoms with Crippen LogP contribution in [0.2, 0.25) is 0 Å².